The van der Waals surface area contributed by atoms with Gasteiger partial charge >= 0.3 is 5.97 Å². The molecule has 0 bridgehead atoms. The standard InChI is InChI=1S/C11H15NO3S/c1-12(2)7-8-16(15)10-6-4-3-5-9(10)11(13)14/h3-6H,7-8H2,1-2H3,(H,13,14). The molecule has 4 nitrogen and oxygen atoms in total. The van der Waals surface area contributed by atoms with Gasteiger partial charge in [0.2, 0.25) is 0 Å². The second kappa shape index (κ2) is 5.77. The third-order valence-electron chi connectivity index (χ3n) is 2.09. The molecular formula is C11H15NO3S. The molecule has 0 heterocycles. The average Bonchev–Trinajstić information content (AvgIpc) is 2.25. The summed E-state index contributed by atoms with van der Waals surface area (Å²) in [4.78, 5) is 13.2. The molecule has 1 aromatic carbocycles. The van der Waals surface area contributed by atoms with Crippen molar-refractivity contribution in [3.63, 3.8) is 0 Å². The molecule has 0 saturated heterocycles. The fraction of sp³-hybridized carbons (Fsp3) is 0.364. The van der Waals surface area contributed by atoms with Crippen molar-refractivity contribution in [3.8, 4) is 0 Å². The molecule has 1 unspecified atom stereocenters. The Balaban J connectivity index is 2.86. The Labute approximate surface area is 97.3 Å². The van der Waals surface area contributed by atoms with Crippen molar-refractivity contribution in [3.05, 3.63) is 29.8 Å². The van der Waals surface area contributed by atoms with E-state index in [0.717, 1.165) is 0 Å². The topological polar surface area (TPSA) is 57.6 Å². The Bertz CT molecular complexity index is 404. The van der Waals surface area contributed by atoms with Crippen molar-refractivity contribution in [2.75, 3.05) is 26.4 Å². The zero-order valence-electron chi connectivity index (χ0n) is 9.34. The number of nitrogens with zero attached hydrogens (tertiary/aromatic N) is 1. The normalized spacial score (nSPS) is 12.7. The number of carbonyl (C=O) groups is 1. The lowest BCUT2D eigenvalue weighted by Gasteiger charge is -2.10. The molecule has 1 atom stereocenters. The van der Waals surface area contributed by atoms with Crippen LogP contribution in [0.5, 0.6) is 0 Å². The lowest BCUT2D eigenvalue weighted by Crippen LogP contribution is -2.19. The zero-order valence-corrected chi connectivity index (χ0v) is 10.2. The number of benzene rings is 1. The monoisotopic (exact) mass is 241 g/mol. The summed E-state index contributed by atoms with van der Waals surface area (Å²) in [6.07, 6.45) is 0. The molecule has 16 heavy (non-hydrogen) atoms. The SMILES string of the molecule is CN(C)CCS(=O)c1ccccc1C(=O)O. The summed E-state index contributed by atoms with van der Waals surface area (Å²) >= 11 is 0. The molecule has 0 aromatic heterocycles. The summed E-state index contributed by atoms with van der Waals surface area (Å²) in [7, 11) is 2.52. The first kappa shape index (κ1) is 12.9. The Morgan fingerprint density at radius 3 is 2.56 bits per heavy atom. The third kappa shape index (κ3) is 3.43. The number of aromatic carboxylic acids is 1. The largest absolute Gasteiger partial charge is 0.478 e. The lowest BCUT2D eigenvalue weighted by atomic mass is 10.2. The van der Waals surface area contributed by atoms with E-state index in [2.05, 4.69) is 0 Å². The molecule has 0 fully saturated rings. The van der Waals surface area contributed by atoms with Crippen LogP contribution in [-0.2, 0) is 10.8 Å². The highest BCUT2D eigenvalue weighted by Crippen LogP contribution is 2.13. The predicted octanol–water partition coefficient (Wildman–Crippen LogP) is 1.05. The van der Waals surface area contributed by atoms with Gasteiger partial charge < -0.3 is 10.0 Å². The van der Waals surface area contributed by atoms with Gasteiger partial charge in [0.1, 0.15) is 0 Å². The summed E-state index contributed by atoms with van der Waals surface area (Å²) in [6, 6.07) is 6.42. The van der Waals surface area contributed by atoms with E-state index >= 15 is 0 Å². The summed E-state index contributed by atoms with van der Waals surface area (Å²) in [5.41, 5.74) is 0.125. The molecule has 0 saturated carbocycles. The zero-order chi connectivity index (χ0) is 12.1. The van der Waals surface area contributed by atoms with Crippen LogP contribution in [0, 0.1) is 0 Å². The van der Waals surface area contributed by atoms with E-state index < -0.39 is 16.8 Å². The minimum absolute atomic E-state index is 0.125. The second-order valence-electron chi connectivity index (χ2n) is 3.65. The first-order valence-electron chi connectivity index (χ1n) is 4.88. The minimum Gasteiger partial charge on any atom is -0.478 e. The van der Waals surface area contributed by atoms with Gasteiger partial charge in [0.25, 0.3) is 0 Å². The molecule has 1 rings (SSSR count). The Morgan fingerprint density at radius 1 is 1.38 bits per heavy atom. The van der Waals surface area contributed by atoms with Crippen molar-refractivity contribution in [2.24, 2.45) is 0 Å². The Hall–Kier alpha value is -1.20. The average molecular weight is 241 g/mol. The maximum atomic E-state index is 11.9. The van der Waals surface area contributed by atoms with E-state index in [9.17, 15) is 9.00 Å². The van der Waals surface area contributed by atoms with Crippen LogP contribution in [0.4, 0.5) is 0 Å². The van der Waals surface area contributed by atoms with Crippen LogP contribution in [0.3, 0.4) is 0 Å². The molecule has 88 valence electrons. The molecular weight excluding hydrogens is 226 g/mol. The summed E-state index contributed by atoms with van der Waals surface area (Å²) in [6.45, 7) is 0.667. The van der Waals surface area contributed by atoms with Crippen molar-refractivity contribution < 1.29 is 14.1 Å². The highest BCUT2D eigenvalue weighted by molar-refractivity contribution is 7.85. The van der Waals surface area contributed by atoms with Crippen LogP contribution in [0.25, 0.3) is 0 Å². The fourth-order valence-electron chi connectivity index (χ4n) is 1.22. The minimum atomic E-state index is -1.26. The quantitative estimate of drug-likeness (QED) is 0.837. The maximum Gasteiger partial charge on any atom is 0.336 e. The lowest BCUT2D eigenvalue weighted by molar-refractivity contribution is 0.0693. The van der Waals surface area contributed by atoms with Gasteiger partial charge in [-0.15, -0.1) is 0 Å². The molecule has 0 aliphatic carbocycles. The van der Waals surface area contributed by atoms with Crippen LogP contribution < -0.4 is 0 Å². The van der Waals surface area contributed by atoms with Crippen LogP contribution in [-0.4, -0.2) is 46.6 Å². The number of carboxylic acid groups (broad SMARTS) is 1. The van der Waals surface area contributed by atoms with Gasteiger partial charge in [-0.2, -0.15) is 0 Å². The molecule has 0 aliphatic rings. The molecule has 1 N–H and O–H groups in total. The summed E-state index contributed by atoms with van der Waals surface area (Å²) < 4.78 is 11.9. The van der Waals surface area contributed by atoms with Gasteiger partial charge in [-0.3, -0.25) is 4.21 Å². The summed E-state index contributed by atoms with van der Waals surface area (Å²) in [5, 5.41) is 8.95. The van der Waals surface area contributed by atoms with Crippen LogP contribution in [0.1, 0.15) is 10.4 Å². The summed E-state index contributed by atoms with van der Waals surface area (Å²) in [5.74, 6) is -0.592. The first-order chi connectivity index (χ1) is 7.52. The van der Waals surface area contributed by atoms with Crippen molar-refractivity contribution in [1.82, 2.24) is 4.90 Å². The van der Waals surface area contributed by atoms with E-state index in [4.69, 9.17) is 5.11 Å². The number of carboxylic acids is 1. The van der Waals surface area contributed by atoms with Gasteiger partial charge in [0.15, 0.2) is 0 Å². The Morgan fingerprint density at radius 2 is 2.00 bits per heavy atom. The number of hydrogen-bond acceptors (Lipinski definition) is 3. The first-order valence-corrected chi connectivity index (χ1v) is 6.19. The molecule has 5 heteroatoms. The van der Waals surface area contributed by atoms with Gasteiger partial charge in [-0.1, -0.05) is 12.1 Å². The predicted molar refractivity (Wildman–Crippen MR) is 63.2 cm³/mol. The van der Waals surface area contributed by atoms with Crippen molar-refractivity contribution >= 4 is 16.8 Å². The smallest absolute Gasteiger partial charge is 0.336 e. The fourth-order valence-corrected chi connectivity index (χ4v) is 2.60. The van der Waals surface area contributed by atoms with Crippen LogP contribution in [0.2, 0.25) is 0 Å². The maximum absolute atomic E-state index is 11.9. The van der Waals surface area contributed by atoms with E-state index in [1.807, 2.05) is 19.0 Å². The van der Waals surface area contributed by atoms with E-state index in [0.29, 0.717) is 17.2 Å². The molecule has 0 aliphatic heterocycles. The van der Waals surface area contributed by atoms with Gasteiger partial charge in [0.05, 0.1) is 21.3 Å². The molecule has 0 amide bonds. The number of hydrogen-bond donors (Lipinski definition) is 1. The van der Waals surface area contributed by atoms with E-state index in [1.165, 1.54) is 6.07 Å². The van der Waals surface area contributed by atoms with Crippen LogP contribution >= 0.6 is 0 Å². The Kier molecular flexibility index (Phi) is 4.64. The van der Waals surface area contributed by atoms with E-state index in [1.54, 1.807) is 18.2 Å². The van der Waals surface area contributed by atoms with Crippen LogP contribution in [0.15, 0.2) is 29.2 Å². The van der Waals surface area contributed by atoms with Crippen molar-refractivity contribution in [1.29, 1.82) is 0 Å². The second-order valence-corrected chi connectivity index (χ2v) is 5.19. The highest BCUT2D eigenvalue weighted by atomic mass is 32.2. The van der Waals surface area contributed by atoms with Gasteiger partial charge in [-0.25, -0.2) is 4.79 Å². The van der Waals surface area contributed by atoms with Gasteiger partial charge in [-0.05, 0) is 26.2 Å². The molecule has 0 spiro atoms. The number of rotatable bonds is 5. The highest BCUT2D eigenvalue weighted by Gasteiger charge is 2.14. The van der Waals surface area contributed by atoms with Crippen molar-refractivity contribution in [2.45, 2.75) is 4.90 Å². The molecule has 0 radical (unpaired) electrons. The van der Waals surface area contributed by atoms with Gasteiger partial charge in [0, 0.05) is 12.3 Å². The third-order valence-corrected chi connectivity index (χ3v) is 3.49. The molecule has 1 aromatic rings. The van der Waals surface area contributed by atoms with E-state index in [-0.39, 0.29) is 5.56 Å².